The maximum atomic E-state index is 12.7. The summed E-state index contributed by atoms with van der Waals surface area (Å²) in [7, 11) is -1.77. The zero-order valence-electron chi connectivity index (χ0n) is 16.1. The smallest absolute Gasteiger partial charge is 0.223 e. The van der Waals surface area contributed by atoms with Crippen LogP contribution in [0.25, 0.3) is 0 Å². The van der Waals surface area contributed by atoms with E-state index in [0.717, 1.165) is 12.8 Å². The van der Waals surface area contributed by atoms with E-state index >= 15 is 0 Å². The Morgan fingerprint density at radius 2 is 2.04 bits per heavy atom. The molecule has 1 aliphatic carbocycles. The monoisotopic (exact) mass is 423 g/mol. The molecule has 2 unspecified atom stereocenters. The molecule has 2 atom stereocenters. The summed E-state index contributed by atoms with van der Waals surface area (Å²) in [6, 6.07) is 6.65. The number of nitrogens with zero attached hydrogens (tertiary/aromatic N) is 1. The summed E-state index contributed by atoms with van der Waals surface area (Å²) >= 11 is 3.69. The zero-order chi connectivity index (χ0) is 18.4. The van der Waals surface area contributed by atoms with Crippen LogP contribution >= 0.6 is 15.9 Å². The first kappa shape index (κ1) is 19.1. The quantitative estimate of drug-likeness (QED) is 0.614. The van der Waals surface area contributed by atoms with E-state index < -0.39 is 8.32 Å². The summed E-state index contributed by atoms with van der Waals surface area (Å²) in [5, 5.41) is 0.201. The average Bonchev–Trinajstić information content (AvgIpc) is 2.82. The fourth-order valence-electron chi connectivity index (χ4n) is 3.87. The molecule has 1 heterocycles. The van der Waals surface area contributed by atoms with Crippen molar-refractivity contribution in [2.75, 3.05) is 13.2 Å². The highest BCUT2D eigenvalue weighted by Crippen LogP contribution is 2.47. The molecule has 3 rings (SSSR count). The molecule has 0 radical (unpaired) electrons. The Labute approximate surface area is 161 Å². The fourth-order valence-corrected chi connectivity index (χ4v) is 5.48. The standard InChI is InChI=1S/C20H30BrNO2Si/c1-20(2,3)25(4,5)24-12-11-22-18(23)13-14-9-10-15-16(19(14)22)7-6-8-17(15)21/h6-8,14,19H,9-13H2,1-5H3. The number of hydrogen-bond acceptors (Lipinski definition) is 2. The van der Waals surface area contributed by atoms with E-state index in [-0.39, 0.29) is 11.1 Å². The van der Waals surface area contributed by atoms with Gasteiger partial charge in [-0.2, -0.15) is 0 Å². The van der Waals surface area contributed by atoms with E-state index in [4.69, 9.17) is 4.43 Å². The third kappa shape index (κ3) is 3.60. The van der Waals surface area contributed by atoms with Crippen LogP contribution in [0.4, 0.5) is 0 Å². The third-order valence-electron chi connectivity index (χ3n) is 6.38. The third-order valence-corrected chi connectivity index (χ3v) is 11.7. The molecule has 0 spiro atoms. The number of halogens is 1. The molecule has 1 aromatic rings. The molecule has 138 valence electrons. The second kappa shape index (κ2) is 6.82. The van der Waals surface area contributed by atoms with Gasteiger partial charge in [0.05, 0.1) is 12.6 Å². The Morgan fingerprint density at radius 3 is 2.72 bits per heavy atom. The molecule has 1 saturated heterocycles. The van der Waals surface area contributed by atoms with Crippen molar-refractivity contribution < 1.29 is 9.22 Å². The van der Waals surface area contributed by atoms with Crippen LogP contribution in [0.3, 0.4) is 0 Å². The van der Waals surface area contributed by atoms with Gasteiger partial charge in [-0.05, 0) is 54.1 Å². The number of rotatable bonds is 4. The lowest BCUT2D eigenvalue weighted by atomic mass is 9.80. The van der Waals surface area contributed by atoms with Crippen LogP contribution in [0.15, 0.2) is 22.7 Å². The number of likely N-dealkylation sites (tertiary alicyclic amines) is 1. The lowest BCUT2D eigenvalue weighted by Crippen LogP contribution is -2.43. The predicted molar refractivity (Wildman–Crippen MR) is 108 cm³/mol. The van der Waals surface area contributed by atoms with Crippen LogP contribution in [-0.2, 0) is 15.6 Å². The van der Waals surface area contributed by atoms with Crippen molar-refractivity contribution in [2.24, 2.45) is 5.92 Å². The van der Waals surface area contributed by atoms with Crippen LogP contribution in [0.2, 0.25) is 18.1 Å². The molecule has 2 aliphatic rings. The van der Waals surface area contributed by atoms with Crippen molar-refractivity contribution in [2.45, 2.75) is 64.2 Å². The summed E-state index contributed by atoms with van der Waals surface area (Å²) < 4.78 is 7.51. The molecule has 0 bridgehead atoms. The molecule has 3 nitrogen and oxygen atoms in total. The molecular formula is C20H30BrNO2Si. The van der Waals surface area contributed by atoms with E-state index in [1.807, 2.05) is 0 Å². The van der Waals surface area contributed by atoms with Crippen molar-refractivity contribution in [3.63, 3.8) is 0 Å². The van der Waals surface area contributed by atoms with Gasteiger partial charge in [-0.15, -0.1) is 0 Å². The molecule has 1 aliphatic heterocycles. The number of hydrogen-bond donors (Lipinski definition) is 0. The highest BCUT2D eigenvalue weighted by molar-refractivity contribution is 9.10. The lowest BCUT2D eigenvalue weighted by molar-refractivity contribution is -0.129. The summed E-state index contributed by atoms with van der Waals surface area (Å²) in [5.74, 6) is 0.754. The van der Waals surface area contributed by atoms with Gasteiger partial charge in [0.2, 0.25) is 5.91 Å². The van der Waals surface area contributed by atoms with Crippen LogP contribution in [0.5, 0.6) is 0 Å². The van der Waals surface area contributed by atoms with Crippen LogP contribution < -0.4 is 0 Å². The van der Waals surface area contributed by atoms with Gasteiger partial charge in [-0.1, -0.05) is 48.8 Å². The van der Waals surface area contributed by atoms with Gasteiger partial charge in [0.15, 0.2) is 8.32 Å². The predicted octanol–water partition coefficient (Wildman–Crippen LogP) is 5.31. The second-order valence-electron chi connectivity index (χ2n) is 8.95. The summed E-state index contributed by atoms with van der Waals surface area (Å²) in [4.78, 5) is 14.7. The second-order valence-corrected chi connectivity index (χ2v) is 14.6. The lowest BCUT2D eigenvalue weighted by Gasteiger charge is -2.38. The summed E-state index contributed by atoms with van der Waals surface area (Å²) in [5.41, 5.74) is 2.72. The molecule has 1 fully saturated rings. The minimum absolute atomic E-state index is 0.201. The highest BCUT2D eigenvalue weighted by Gasteiger charge is 2.44. The Balaban J connectivity index is 1.75. The van der Waals surface area contributed by atoms with Crippen molar-refractivity contribution in [3.8, 4) is 0 Å². The topological polar surface area (TPSA) is 29.5 Å². The molecule has 0 aromatic heterocycles. The van der Waals surface area contributed by atoms with Crippen molar-refractivity contribution in [1.29, 1.82) is 0 Å². The molecular weight excluding hydrogens is 394 g/mol. The number of carbonyl (C=O) groups is 1. The van der Waals surface area contributed by atoms with Crippen molar-refractivity contribution >= 4 is 30.2 Å². The Morgan fingerprint density at radius 1 is 1.32 bits per heavy atom. The minimum Gasteiger partial charge on any atom is -0.415 e. The first-order valence-electron chi connectivity index (χ1n) is 9.32. The van der Waals surface area contributed by atoms with Gasteiger partial charge in [-0.3, -0.25) is 4.79 Å². The molecule has 1 aromatic carbocycles. The van der Waals surface area contributed by atoms with E-state index in [2.05, 4.69) is 72.9 Å². The first-order chi connectivity index (χ1) is 11.6. The van der Waals surface area contributed by atoms with Gasteiger partial charge >= 0.3 is 0 Å². The van der Waals surface area contributed by atoms with Crippen LogP contribution in [0.1, 0.15) is 50.8 Å². The molecule has 0 saturated carbocycles. The van der Waals surface area contributed by atoms with Gasteiger partial charge in [0.25, 0.3) is 0 Å². The summed E-state index contributed by atoms with van der Waals surface area (Å²) in [6.45, 7) is 12.7. The highest BCUT2D eigenvalue weighted by atomic mass is 79.9. The fraction of sp³-hybridized carbons (Fsp3) is 0.650. The van der Waals surface area contributed by atoms with Gasteiger partial charge in [-0.25, -0.2) is 0 Å². The maximum absolute atomic E-state index is 12.7. The van der Waals surface area contributed by atoms with E-state index in [1.54, 1.807) is 0 Å². The number of fused-ring (bicyclic) bond motifs is 3. The minimum atomic E-state index is -1.77. The van der Waals surface area contributed by atoms with E-state index in [1.165, 1.54) is 15.6 Å². The van der Waals surface area contributed by atoms with Crippen molar-refractivity contribution in [3.05, 3.63) is 33.8 Å². The van der Waals surface area contributed by atoms with E-state index in [9.17, 15) is 4.79 Å². The van der Waals surface area contributed by atoms with Gasteiger partial charge < -0.3 is 9.33 Å². The average molecular weight is 424 g/mol. The number of carbonyl (C=O) groups excluding carboxylic acids is 1. The largest absolute Gasteiger partial charge is 0.415 e. The Bertz CT molecular complexity index is 668. The van der Waals surface area contributed by atoms with Gasteiger partial charge in [0, 0.05) is 17.4 Å². The molecule has 5 heteroatoms. The first-order valence-corrected chi connectivity index (χ1v) is 13.0. The maximum Gasteiger partial charge on any atom is 0.223 e. The SMILES string of the molecule is CC(C)(C)[Si](C)(C)OCCN1C(=O)CC2CCc3c(Br)cccc3C21. The number of amides is 1. The summed E-state index contributed by atoms with van der Waals surface area (Å²) in [6.07, 6.45) is 2.86. The van der Waals surface area contributed by atoms with E-state index in [0.29, 0.717) is 31.4 Å². The van der Waals surface area contributed by atoms with Crippen LogP contribution in [-0.4, -0.2) is 32.3 Å². The Hall–Kier alpha value is -0.653. The normalized spacial score (nSPS) is 23.6. The van der Waals surface area contributed by atoms with Crippen molar-refractivity contribution in [1.82, 2.24) is 4.90 Å². The number of benzene rings is 1. The molecule has 0 N–H and O–H groups in total. The molecule has 25 heavy (non-hydrogen) atoms. The van der Waals surface area contributed by atoms with Gasteiger partial charge in [0.1, 0.15) is 0 Å². The Kier molecular flexibility index (Phi) is 5.22. The molecule has 1 amide bonds. The van der Waals surface area contributed by atoms with Crippen LogP contribution in [0, 0.1) is 5.92 Å². The zero-order valence-corrected chi connectivity index (χ0v) is 18.6.